The van der Waals surface area contributed by atoms with Gasteiger partial charge >= 0.3 is 0 Å². The molecule has 9 nitrogen and oxygen atoms in total. The summed E-state index contributed by atoms with van der Waals surface area (Å²) in [7, 11) is 0.419. The number of hydrogen-bond donors (Lipinski definition) is 2. The van der Waals surface area contributed by atoms with Crippen LogP contribution in [0.1, 0.15) is 52.5 Å². The van der Waals surface area contributed by atoms with Crippen LogP contribution in [0.25, 0.3) is 12.2 Å². The molecule has 43 heavy (non-hydrogen) atoms. The second-order valence-electron chi connectivity index (χ2n) is 10.6. The minimum Gasteiger partial charge on any atom is -0.378 e. The maximum Gasteiger partial charge on any atom is 0.251 e. The average Bonchev–Trinajstić information content (AvgIpc) is 2.99. The van der Waals surface area contributed by atoms with Gasteiger partial charge in [0.2, 0.25) is 0 Å². The van der Waals surface area contributed by atoms with Gasteiger partial charge in [0.15, 0.2) is 11.6 Å². The molecule has 2 atom stereocenters. The largest absolute Gasteiger partial charge is 0.378 e. The van der Waals surface area contributed by atoms with Crippen LogP contribution in [0.2, 0.25) is 0 Å². The molecule has 0 bridgehead atoms. The van der Waals surface area contributed by atoms with Gasteiger partial charge in [0.05, 0.1) is 27.9 Å². The minimum atomic E-state index is -1.18. The van der Waals surface area contributed by atoms with Crippen LogP contribution in [0.5, 0.6) is 0 Å². The van der Waals surface area contributed by atoms with E-state index in [9.17, 15) is 9.00 Å². The number of anilines is 2. The fourth-order valence-electron chi connectivity index (χ4n) is 5.44. The maximum absolute atomic E-state index is 15.4. The van der Waals surface area contributed by atoms with E-state index in [2.05, 4.69) is 30.5 Å². The molecule has 0 radical (unpaired) electrons. The zero-order valence-corrected chi connectivity index (χ0v) is 25.8. The molecule has 2 N–H and O–H groups in total. The summed E-state index contributed by atoms with van der Waals surface area (Å²) in [5, 5.41) is 6.21. The van der Waals surface area contributed by atoms with Gasteiger partial charge in [-0.2, -0.15) is 0 Å². The number of amides is 1. The van der Waals surface area contributed by atoms with Crippen molar-refractivity contribution in [1.82, 2.24) is 15.2 Å². The number of aryl methyl sites for hydroxylation is 1. The second kappa shape index (κ2) is 12.9. The first-order valence-corrected chi connectivity index (χ1v) is 15.7. The van der Waals surface area contributed by atoms with E-state index in [4.69, 9.17) is 0 Å². The van der Waals surface area contributed by atoms with Gasteiger partial charge in [0.25, 0.3) is 5.91 Å². The molecule has 1 amide bonds. The second-order valence-corrected chi connectivity index (χ2v) is 12.0. The van der Waals surface area contributed by atoms with E-state index >= 15 is 4.39 Å². The number of nitrogens with one attached hydrogen (secondary N) is 2. The molecule has 0 saturated carbocycles. The van der Waals surface area contributed by atoms with Crippen LogP contribution in [-0.2, 0) is 10.8 Å². The van der Waals surface area contributed by atoms with Crippen molar-refractivity contribution in [2.24, 2.45) is 9.98 Å². The number of hydrogen-bond acceptors (Lipinski definition) is 8. The van der Waals surface area contributed by atoms with E-state index < -0.39 is 16.6 Å². The average molecular weight is 602 g/mol. The van der Waals surface area contributed by atoms with Crippen molar-refractivity contribution in [2.45, 2.75) is 31.7 Å². The summed E-state index contributed by atoms with van der Waals surface area (Å²) < 4.78 is 27.7. The maximum atomic E-state index is 15.4. The third-order valence-corrected chi connectivity index (χ3v) is 8.60. The van der Waals surface area contributed by atoms with E-state index in [1.165, 1.54) is 6.07 Å². The number of carbonyl (C=O) groups is 1. The first-order valence-electron chi connectivity index (χ1n) is 14.1. The number of aliphatic imine (C=N–C) groups is 2. The number of halogens is 1. The van der Waals surface area contributed by atoms with Gasteiger partial charge in [-0.3, -0.25) is 9.00 Å². The number of aromatic nitrogens is 1. The monoisotopic (exact) mass is 601 g/mol. The lowest BCUT2D eigenvalue weighted by atomic mass is 9.92. The van der Waals surface area contributed by atoms with E-state index in [1.807, 2.05) is 68.1 Å². The Hall–Kier alpha value is -4.38. The van der Waals surface area contributed by atoms with Crippen LogP contribution in [0.15, 0.2) is 63.5 Å². The number of benzene rings is 2. The standard InChI is InChI=1S/C32H36FN7O2S/c1-20-14-25(21(2)38-28-8-6-7-9-29(28)43(5)42)24(26(15-20)32(41)34-4)11-10-23-16-27(33)31(35-17-23)39-12-13-40-22(3)36-19-37-30(40)18-39/h6-11,14-17,21,38H,12-13,18-19H2,1-5H3,(H,34,41)/b11-10+/t21-,43?/m1/s1. The van der Waals surface area contributed by atoms with Crippen molar-refractivity contribution in [3.63, 3.8) is 0 Å². The zero-order valence-electron chi connectivity index (χ0n) is 25.0. The van der Waals surface area contributed by atoms with Crippen molar-refractivity contribution < 1.29 is 13.4 Å². The zero-order chi connectivity index (χ0) is 30.7. The summed E-state index contributed by atoms with van der Waals surface area (Å²) in [6, 6.07) is 12.6. The molecular formula is C32H36FN7O2S. The molecule has 1 aromatic heterocycles. The van der Waals surface area contributed by atoms with E-state index in [0.29, 0.717) is 47.9 Å². The molecule has 11 heteroatoms. The van der Waals surface area contributed by atoms with Gasteiger partial charge < -0.3 is 20.4 Å². The number of rotatable bonds is 8. The van der Waals surface area contributed by atoms with E-state index in [1.54, 1.807) is 25.6 Å². The Bertz CT molecular complexity index is 1670. The van der Waals surface area contributed by atoms with Crippen LogP contribution in [0.3, 0.4) is 0 Å². The van der Waals surface area contributed by atoms with E-state index in [0.717, 1.165) is 28.5 Å². The molecule has 2 aromatic carbocycles. The smallest absolute Gasteiger partial charge is 0.251 e. The Morgan fingerprint density at radius 1 is 1.12 bits per heavy atom. The SMILES string of the molecule is CNC(=O)c1cc(C)cc([C@@H](C)Nc2ccccc2S(C)=O)c1/C=C/c1cnc(N2CCN3C(C)=NCN=C3C2)c(F)c1. The third-order valence-electron chi connectivity index (χ3n) is 7.63. The molecule has 3 aromatic rings. The first kappa shape index (κ1) is 30.1. The Kier molecular flexibility index (Phi) is 9.00. The molecule has 3 heterocycles. The molecule has 1 unspecified atom stereocenters. The van der Waals surface area contributed by atoms with Crippen LogP contribution in [0, 0.1) is 12.7 Å². The summed E-state index contributed by atoms with van der Waals surface area (Å²) in [5.41, 5.74) is 4.34. The predicted octanol–water partition coefficient (Wildman–Crippen LogP) is 4.88. The Labute approximate surface area is 254 Å². The molecule has 0 spiro atoms. The Balaban J connectivity index is 1.44. The lowest BCUT2D eigenvalue weighted by Crippen LogP contribution is -2.53. The van der Waals surface area contributed by atoms with Crippen molar-refractivity contribution in [2.75, 3.05) is 49.8 Å². The van der Waals surface area contributed by atoms with Crippen molar-refractivity contribution in [3.05, 3.63) is 82.3 Å². The highest BCUT2D eigenvalue weighted by Gasteiger charge is 2.28. The normalized spacial score (nSPS) is 16.3. The molecular weight excluding hydrogens is 565 g/mol. The summed E-state index contributed by atoms with van der Waals surface area (Å²) in [5.74, 6) is 1.43. The van der Waals surface area contributed by atoms with Crippen molar-refractivity contribution in [3.8, 4) is 0 Å². The number of para-hydroxylation sites is 1. The number of fused-ring (bicyclic) bond motifs is 1. The van der Waals surface area contributed by atoms with Gasteiger partial charge in [-0.15, -0.1) is 0 Å². The molecule has 0 aliphatic carbocycles. The minimum absolute atomic E-state index is 0.225. The summed E-state index contributed by atoms with van der Waals surface area (Å²) >= 11 is 0. The highest BCUT2D eigenvalue weighted by Crippen LogP contribution is 2.31. The lowest BCUT2D eigenvalue weighted by Gasteiger charge is -2.38. The highest BCUT2D eigenvalue weighted by molar-refractivity contribution is 7.84. The lowest BCUT2D eigenvalue weighted by molar-refractivity contribution is 0.0962. The molecule has 2 aliphatic rings. The number of carbonyl (C=O) groups excluding carboxylic acids is 1. The number of pyridine rings is 1. The van der Waals surface area contributed by atoms with Crippen molar-refractivity contribution >= 4 is 52.0 Å². The molecule has 2 aliphatic heterocycles. The molecule has 1 saturated heterocycles. The molecule has 1 fully saturated rings. The summed E-state index contributed by atoms with van der Waals surface area (Å²) in [6.07, 6.45) is 6.88. The summed E-state index contributed by atoms with van der Waals surface area (Å²) in [6.45, 7) is 8.02. The first-order chi connectivity index (χ1) is 20.7. The van der Waals surface area contributed by atoms with Gasteiger partial charge in [-0.25, -0.2) is 19.4 Å². The summed E-state index contributed by atoms with van der Waals surface area (Å²) in [4.78, 5) is 30.9. The van der Waals surface area contributed by atoms with E-state index in [-0.39, 0.29) is 17.8 Å². The van der Waals surface area contributed by atoms with Gasteiger partial charge in [0.1, 0.15) is 18.3 Å². The Morgan fingerprint density at radius 2 is 1.91 bits per heavy atom. The number of nitrogens with zero attached hydrogens (tertiary/aromatic N) is 5. The fourth-order valence-corrected chi connectivity index (χ4v) is 6.15. The van der Waals surface area contributed by atoms with Crippen LogP contribution in [-0.4, -0.2) is 71.3 Å². The Morgan fingerprint density at radius 3 is 2.65 bits per heavy atom. The van der Waals surface area contributed by atoms with Crippen molar-refractivity contribution in [1.29, 1.82) is 0 Å². The number of amidine groups is 2. The van der Waals surface area contributed by atoms with Gasteiger partial charge in [0, 0.05) is 44.2 Å². The topological polar surface area (TPSA) is 102 Å². The molecule has 5 rings (SSSR count). The molecule has 224 valence electrons. The fraction of sp³-hybridized carbons (Fsp3) is 0.312. The third kappa shape index (κ3) is 6.51. The predicted molar refractivity (Wildman–Crippen MR) is 173 cm³/mol. The highest BCUT2D eigenvalue weighted by atomic mass is 32.2. The van der Waals surface area contributed by atoms with Crippen LogP contribution in [0.4, 0.5) is 15.9 Å². The van der Waals surface area contributed by atoms with Crippen LogP contribution >= 0.6 is 0 Å². The number of piperazine rings is 1. The van der Waals surface area contributed by atoms with Crippen LogP contribution < -0.4 is 15.5 Å². The van der Waals surface area contributed by atoms with Gasteiger partial charge in [-0.1, -0.05) is 30.4 Å². The quantitative estimate of drug-likeness (QED) is 0.382. The van der Waals surface area contributed by atoms with Gasteiger partial charge in [-0.05, 0) is 67.3 Å².